The van der Waals surface area contributed by atoms with Crippen LogP contribution in [0.4, 0.5) is 10.1 Å². The lowest BCUT2D eigenvalue weighted by Crippen LogP contribution is -2.09. The fourth-order valence-electron chi connectivity index (χ4n) is 1.76. The van der Waals surface area contributed by atoms with E-state index in [1.165, 1.54) is 24.5 Å². The van der Waals surface area contributed by atoms with Crippen molar-refractivity contribution in [3.63, 3.8) is 0 Å². The summed E-state index contributed by atoms with van der Waals surface area (Å²) in [6, 6.07) is 5.26. The third-order valence-electron chi connectivity index (χ3n) is 2.61. The molecule has 0 aliphatic carbocycles. The highest BCUT2D eigenvalue weighted by atomic mass is 19.1. The third-order valence-corrected chi connectivity index (χ3v) is 2.61. The molecule has 0 spiro atoms. The highest BCUT2D eigenvalue weighted by molar-refractivity contribution is 6.12. The molecule has 0 saturated heterocycles. The molecule has 1 aromatic carbocycles. The number of nitrogens with two attached hydrogens (primary N) is 1. The normalized spacial score (nSPS) is 10.6. The number of aromatic nitrogens is 1. The van der Waals surface area contributed by atoms with E-state index in [-0.39, 0.29) is 23.1 Å². The smallest absolute Gasteiger partial charge is 0.196 e. The Balaban J connectivity index is 2.35. The summed E-state index contributed by atoms with van der Waals surface area (Å²) in [6.07, 6.45) is 2.90. The van der Waals surface area contributed by atoms with Crippen molar-refractivity contribution in [2.45, 2.75) is 20.0 Å². The van der Waals surface area contributed by atoms with Gasteiger partial charge in [0.2, 0.25) is 0 Å². The van der Waals surface area contributed by atoms with Crippen molar-refractivity contribution < 1.29 is 13.9 Å². The van der Waals surface area contributed by atoms with Crippen LogP contribution in [0.25, 0.3) is 0 Å². The number of halogens is 1. The molecule has 0 atom stereocenters. The molecular weight excluding hydrogens is 259 g/mol. The quantitative estimate of drug-likeness (QED) is 0.687. The summed E-state index contributed by atoms with van der Waals surface area (Å²) in [5.41, 5.74) is 6.36. The van der Waals surface area contributed by atoms with Crippen molar-refractivity contribution in [1.82, 2.24) is 4.98 Å². The number of ether oxygens (including phenoxy) is 1. The topological polar surface area (TPSA) is 65.2 Å². The van der Waals surface area contributed by atoms with Crippen LogP contribution in [0.3, 0.4) is 0 Å². The number of anilines is 1. The zero-order chi connectivity index (χ0) is 14.7. The molecule has 20 heavy (non-hydrogen) atoms. The van der Waals surface area contributed by atoms with Crippen LogP contribution < -0.4 is 10.5 Å². The molecule has 2 aromatic rings. The number of rotatable bonds is 4. The van der Waals surface area contributed by atoms with Gasteiger partial charge < -0.3 is 10.5 Å². The molecule has 0 unspecified atom stereocenters. The van der Waals surface area contributed by atoms with Gasteiger partial charge in [-0.05, 0) is 38.1 Å². The van der Waals surface area contributed by atoms with E-state index < -0.39 is 5.82 Å². The SMILES string of the molecule is CC(C)Oc1cncc(C(=O)c2cc(F)ccc2N)c1. The van der Waals surface area contributed by atoms with Gasteiger partial charge in [-0.3, -0.25) is 9.78 Å². The van der Waals surface area contributed by atoms with Gasteiger partial charge in [0.15, 0.2) is 5.78 Å². The van der Waals surface area contributed by atoms with E-state index in [4.69, 9.17) is 10.5 Å². The van der Waals surface area contributed by atoms with Crippen molar-refractivity contribution in [3.05, 3.63) is 53.6 Å². The van der Waals surface area contributed by atoms with Crippen LogP contribution in [-0.4, -0.2) is 16.9 Å². The van der Waals surface area contributed by atoms with Crippen molar-refractivity contribution >= 4 is 11.5 Å². The summed E-state index contributed by atoms with van der Waals surface area (Å²) in [5, 5.41) is 0. The van der Waals surface area contributed by atoms with E-state index >= 15 is 0 Å². The second-order valence-electron chi connectivity index (χ2n) is 4.64. The molecule has 0 bridgehead atoms. The van der Waals surface area contributed by atoms with E-state index in [2.05, 4.69) is 4.98 Å². The van der Waals surface area contributed by atoms with Crippen molar-refractivity contribution in [3.8, 4) is 5.75 Å². The fraction of sp³-hybridized carbons (Fsp3) is 0.200. The summed E-state index contributed by atoms with van der Waals surface area (Å²) < 4.78 is 18.7. The Morgan fingerprint density at radius 3 is 2.75 bits per heavy atom. The van der Waals surface area contributed by atoms with Gasteiger partial charge in [-0.1, -0.05) is 0 Å². The number of hydrogen-bond donors (Lipinski definition) is 1. The fourth-order valence-corrected chi connectivity index (χ4v) is 1.76. The Kier molecular flexibility index (Phi) is 3.98. The van der Waals surface area contributed by atoms with Crippen LogP contribution in [0.1, 0.15) is 29.8 Å². The summed E-state index contributed by atoms with van der Waals surface area (Å²) in [5.74, 6) is -0.408. The lowest BCUT2D eigenvalue weighted by Gasteiger charge is -2.10. The van der Waals surface area contributed by atoms with E-state index in [0.717, 1.165) is 6.07 Å². The highest BCUT2D eigenvalue weighted by Crippen LogP contribution is 2.20. The van der Waals surface area contributed by atoms with E-state index in [9.17, 15) is 9.18 Å². The molecule has 2 N–H and O–H groups in total. The first-order valence-corrected chi connectivity index (χ1v) is 6.19. The maximum absolute atomic E-state index is 13.2. The second-order valence-corrected chi connectivity index (χ2v) is 4.64. The second kappa shape index (κ2) is 5.69. The van der Waals surface area contributed by atoms with Gasteiger partial charge in [0.1, 0.15) is 11.6 Å². The molecule has 0 amide bonds. The first-order valence-electron chi connectivity index (χ1n) is 6.19. The zero-order valence-corrected chi connectivity index (χ0v) is 11.3. The first kappa shape index (κ1) is 14.0. The largest absolute Gasteiger partial charge is 0.489 e. The lowest BCUT2D eigenvalue weighted by molar-refractivity contribution is 0.103. The maximum Gasteiger partial charge on any atom is 0.196 e. The van der Waals surface area contributed by atoms with Crippen LogP contribution >= 0.6 is 0 Å². The lowest BCUT2D eigenvalue weighted by atomic mass is 10.0. The van der Waals surface area contributed by atoms with Crippen LogP contribution in [0.15, 0.2) is 36.7 Å². The van der Waals surface area contributed by atoms with Gasteiger partial charge in [0.25, 0.3) is 0 Å². The summed E-state index contributed by atoms with van der Waals surface area (Å²) in [4.78, 5) is 16.3. The number of ketones is 1. The van der Waals surface area contributed by atoms with Crippen molar-refractivity contribution in [1.29, 1.82) is 0 Å². The minimum Gasteiger partial charge on any atom is -0.489 e. The van der Waals surface area contributed by atoms with Gasteiger partial charge in [-0.15, -0.1) is 0 Å². The van der Waals surface area contributed by atoms with Crippen LogP contribution in [-0.2, 0) is 0 Å². The summed E-state index contributed by atoms with van der Waals surface area (Å²) in [7, 11) is 0. The Morgan fingerprint density at radius 1 is 1.30 bits per heavy atom. The molecule has 104 valence electrons. The first-order chi connectivity index (χ1) is 9.47. The van der Waals surface area contributed by atoms with Crippen molar-refractivity contribution in [2.24, 2.45) is 0 Å². The molecule has 5 heteroatoms. The number of nitrogens with zero attached hydrogens (tertiary/aromatic N) is 1. The molecule has 0 aliphatic rings. The van der Waals surface area contributed by atoms with Crippen LogP contribution in [0.5, 0.6) is 5.75 Å². The van der Waals surface area contributed by atoms with Gasteiger partial charge in [-0.2, -0.15) is 0 Å². The molecule has 0 saturated carbocycles. The molecule has 0 radical (unpaired) electrons. The molecule has 0 aliphatic heterocycles. The molecule has 0 fully saturated rings. The number of benzene rings is 1. The van der Waals surface area contributed by atoms with Crippen LogP contribution in [0.2, 0.25) is 0 Å². The van der Waals surface area contributed by atoms with Crippen molar-refractivity contribution in [2.75, 3.05) is 5.73 Å². The monoisotopic (exact) mass is 274 g/mol. The van der Waals surface area contributed by atoms with Gasteiger partial charge in [0.05, 0.1) is 12.3 Å². The van der Waals surface area contributed by atoms with E-state index in [0.29, 0.717) is 11.3 Å². The standard InChI is InChI=1S/C15H15FN2O2/c1-9(2)20-12-5-10(7-18-8-12)15(19)13-6-11(16)3-4-14(13)17/h3-9H,17H2,1-2H3. The minimum atomic E-state index is -0.509. The Hall–Kier alpha value is -2.43. The predicted molar refractivity (Wildman–Crippen MR) is 74.2 cm³/mol. The number of carbonyl (C=O) groups is 1. The van der Waals surface area contributed by atoms with E-state index in [1.54, 1.807) is 6.07 Å². The van der Waals surface area contributed by atoms with E-state index in [1.807, 2.05) is 13.8 Å². The molecule has 1 aromatic heterocycles. The molecular formula is C15H15FN2O2. The van der Waals surface area contributed by atoms with Gasteiger partial charge in [-0.25, -0.2) is 4.39 Å². The van der Waals surface area contributed by atoms with Gasteiger partial charge in [0, 0.05) is 23.0 Å². The number of hydrogen-bond acceptors (Lipinski definition) is 4. The average molecular weight is 274 g/mol. The highest BCUT2D eigenvalue weighted by Gasteiger charge is 2.14. The Bertz CT molecular complexity index is 642. The average Bonchev–Trinajstić information content (AvgIpc) is 2.40. The number of pyridine rings is 1. The molecule has 4 nitrogen and oxygen atoms in total. The Morgan fingerprint density at radius 2 is 2.05 bits per heavy atom. The minimum absolute atomic E-state index is 0.0265. The molecule has 2 rings (SSSR count). The summed E-state index contributed by atoms with van der Waals surface area (Å²) in [6.45, 7) is 3.75. The number of nitrogen functional groups attached to an aromatic ring is 1. The molecule has 1 heterocycles. The Labute approximate surface area is 116 Å². The van der Waals surface area contributed by atoms with Crippen LogP contribution in [0, 0.1) is 5.82 Å². The third kappa shape index (κ3) is 3.12. The van der Waals surface area contributed by atoms with Gasteiger partial charge >= 0.3 is 0 Å². The number of carbonyl (C=O) groups excluding carboxylic acids is 1. The maximum atomic E-state index is 13.2. The predicted octanol–water partition coefficient (Wildman–Crippen LogP) is 2.82. The zero-order valence-electron chi connectivity index (χ0n) is 11.3. The summed E-state index contributed by atoms with van der Waals surface area (Å²) >= 11 is 0.